The summed E-state index contributed by atoms with van der Waals surface area (Å²) >= 11 is 0. The van der Waals surface area contributed by atoms with Gasteiger partial charge in [-0.3, -0.25) is 9.80 Å². The van der Waals surface area contributed by atoms with Crippen molar-refractivity contribution in [3.05, 3.63) is 77.6 Å². The van der Waals surface area contributed by atoms with E-state index in [0.29, 0.717) is 6.04 Å². The summed E-state index contributed by atoms with van der Waals surface area (Å²) in [5.74, 6) is 1.00. The van der Waals surface area contributed by atoms with Crippen molar-refractivity contribution in [1.82, 2.24) is 30.0 Å². The van der Waals surface area contributed by atoms with E-state index in [1.807, 2.05) is 0 Å². The van der Waals surface area contributed by atoms with Crippen molar-refractivity contribution >= 4 is 0 Å². The lowest BCUT2D eigenvalue weighted by Gasteiger charge is -2.39. The molecule has 156 valence electrons. The third-order valence-electron chi connectivity index (χ3n) is 6.57. The van der Waals surface area contributed by atoms with Crippen LogP contribution in [-0.4, -0.2) is 56.2 Å². The predicted molar refractivity (Wildman–Crippen MR) is 117 cm³/mol. The maximum atomic E-state index is 4.55. The van der Waals surface area contributed by atoms with Crippen LogP contribution in [0.15, 0.2) is 60.7 Å². The van der Waals surface area contributed by atoms with Gasteiger partial charge in [-0.15, -0.1) is 5.10 Å². The number of tetrazole rings is 1. The van der Waals surface area contributed by atoms with Gasteiger partial charge >= 0.3 is 0 Å². The average molecular weight is 403 g/mol. The fraction of sp³-hybridized carbons (Fsp3) is 0.458. The summed E-state index contributed by atoms with van der Waals surface area (Å²) in [6.45, 7) is 5.17. The molecule has 1 saturated heterocycles. The van der Waals surface area contributed by atoms with Gasteiger partial charge < -0.3 is 0 Å². The van der Waals surface area contributed by atoms with E-state index in [1.165, 1.54) is 36.8 Å². The molecule has 6 heteroatoms. The van der Waals surface area contributed by atoms with Gasteiger partial charge in [0.2, 0.25) is 0 Å². The molecule has 0 N–H and O–H groups in total. The molecule has 30 heavy (non-hydrogen) atoms. The van der Waals surface area contributed by atoms with Crippen LogP contribution in [-0.2, 0) is 6.54 Å². The summed E-state index contributed by atoms with van der Waals surface area (Å²) in [4.78, 5) is 5.11. The second-order valence-electron chi connectivity index (χ2n) is 8.53. The number of hydrogen-bond donors (Lipinski definition) is 0. The van der Waals surface area contributed by atoms with E-state index in [9.17, 15) is 0 Å². The zero-order chi connectivity index (χ0) is 20.2. The van der Waals surface area contributed by atoms with E-state index in [2.05, 4.69) is 90.7 Å². The second-order valence-corrected chi connectivity index (χ2v) is 8.53. The van der Waals surface area contributed by atoms with Crippen LogP contribution >= 0.6 is 0 Å². The fourth-order valence-electron chi connectivity index (χ4n) is 4.97. The lowest BCUT2D eigenvalue weighted by molar-refractivity contribution is 0.0993. The monoisotopic (exact) mass is 402 g/mol. The molecule has 6 nitrogen and oxygen atoms in total. The third-order valence-corrected chi connectivity index (χ3v) is 6.57. The highest BCUT2D eigenvalue weighted by Gasteiger charge is 2.32. The molecule has 2 fully saturated rings. The van der Waals surface area contributed by atoms with Crippen LogP contribution < -0.4 is 0 Å². The molecule has 3 aromatic rings. The van der Waals surface area contributed by atoms with E-state index in [-0.39, 0.29) is 6.04 Å². The summed E-state index contributed by atoms with van der Waals surface area (Å²) in [5, 5.41) is 13.1. The van der Waals surface area contributed by atoms with Gasteiger partial charge in [0, 0.05) is 32.7 Å². The van der Waals surface area contributed by atoms with E-state index >= 15 is 0 Å². The molecule has 0 amide bonds. The maximum Gasteiger partial charge on any atom is 0.173 e. The Labute approximate surface area is 178 Å². The minimum absolute atomic E-state index is 0.112. The molecular formula is C24H30N6. The molecule has 1 atom stereocenters. The molecule has 2 aromatic carbocycles. The van der Waals surface area contributed by atoms with Crippen molar-refractivity contribution in [2.45, 2.75) is 44.3 Å². The molecule has 0 unspecified atom stereocenters. The Morgan fingerprint density at radius 2 is 1.50 bits per heavy atom. The van der Waals surface area contributed by atoms with Crippen LogP contribution in [0.25, 0.3) is 0 Å². The topological polar surface area (TPSA) is 50.1 Å². The van der Waals surface area contributed by atoms with Crippen LogP contribution in [0.4, 0.5) is 0 Å². The smallest absolute Gasteiger partial charge is 0.173 e. The average Bonchev–Trinajstić information content (AvgIpc) is 3.49. The Bertz CT molecular complexity index is 911. The van der Waals surface area contributed by atoms with Crippen molar-refractivity contribution in [1.29, 1.82) is 0 Å². The van der Waals surface area contributed by atoms with Gasteiger partial charge in [-0.2, -0.15) is 0 Å². The van der Waals surface area contributed by atoms with Crippen LogP contribution in [0.1, 0.15) is 54.7 Å². The number of hydrogen-bond acceptors (Lipinski definition) is 5. The SMILES string of the molecule is c1ccc(CN2CCN([C@@H](c3ccccc3)c3nnnn3C3CCCC3)CC2)cc1. The summed E-state index contributed by atoms with van der Waals surface area (Å²) in [7, 11) is 0. The summed E-state index contributed by atoms with van der Waals surface area (Å²) in [6.07, 6.45) is 4.92. The molecule has 0 bridgehead atoms. The van der Waals surface area contributed by atoms with E-state index in [1.54, 1.807) is 0 Å². The largest absolute Gasteiger partial charge is 0.297 e. The van der Waals surface area contributed by atoms with Gasteiger partial charge in [-0.05, 0) is 34.4 Å². The van der Waals surface area contributed by atoms with Crippen LogP contribution in [0.5, 0.6) is 0 Å². The molecule has 5 rings (SSSR count). The zero-order valence-electron chi connectivity index (χ0n) is 17.5. The van der Waals surface area contributed by atoms with Crippen molar-refractivity contribution in [2.75, 3.05) is 26.2 Å². The van der Waals surface area contributed by atoms with Gasteiger partial charge in [-0.25, -0.2) is 4.68 Å². The van der Waals surface area contributed by atoms with E-state index in [0.717, 1.165) is 38.5 Å². The van der Waals surface area contributed by atoms with Crippen molar-refractivity contribution < 1.29 is 0 Å². The van der Waals surface area contributed by atoms with Crippen LogP contribution in [0, 0.1) is 0 Å². The molecule has 1 aliphatic carbocycles. The zero-order valence-corrected chi connectivity index (χ0v) is 17.5. The Hall–Kier alpha value is -2.57. The number of benzene rings is 2. The number of rotatable bonds is 6. The van der Waals surface area contributed by atoms with Gasteiger partial charge in [0.15, 0.2) is 5.82 Å². The first-order valence-corrected chi connectivity index (χ1v) is 11.2. The molecule has 2 heterocycles. The molecule has 1 saturated carbocycles. The van der Waals surface area contributed by atoms with Gasteiger partial charge in [-0.1, -0.05) is 73.5 Å². The van der Waals surface area contributed by atoms with Crippen molar-refractivity contribution in [3.63, 3.8) is 0 Å². The number of nitrogens with zero attached hydrogens (tertiary/aromatic N) is 6. The fourth-order valence-corrected chi connectivity index (χ4v) is 4.97. The number of aromatic nitrogens is 4. The summed E-state index contributed by atoms with van der Waals surface area (Å²) in [5.41, 5.74) is 2.67. The Balaban J connectivity index is 1.36. The highest BCUT2D eigenvalue weighted by atomic mass is 15.6. The molecular weight excluding hydrogens is 372 g/mol. The summed E-state index contributed by atoms with van der Waals surface area (Å²) < 4.78 is 2.13. The minimum atomic E-state index is 0.112. The highest BCUT2D eigenvalue weighted by molar-refractivity contribution is 5.25. The lowest BCUT2D eigenvalue weighted by atomic mass is 10.0. The first-order chi connectivity index (χ1) is 14.9. The first-order valence-electron chi connectivity index (χ1n) is 11.2. The maximum absolute atomic E-state index is 4.55. The van der Waals surface area contributed by atoms with Gasteiger partial charge in [0.25, 0.3) is 0 Å². The Morgan fingerprint density at radius 3 is 2.20 bits per heavy atom. The molecule has 0 radical (unpaired) electrons. The van der Waals surface area contributed by atoms with E-state index < -0.39 is 0 Å². The highest BCUT2D eigenvalue weighted by Crippen LogP contribution is 2.34. The quantitative estimate of drug-likeness (QED) is 0.629. The number of piperazine rings is 1. The summed E-state index contributed by atoms with van der Waals surface area (Å²) in [6, 6.07) is 22.1. The molecule has 1 aliphatic heterocycles. The predicted octanol–water partition coefficient (Wildman–Crippen LogP) is 3.70. The molecule has 1 aromatic heterocycles. The van der Waals surface area contributed by atoms with Gasteiger partial charge in [0.1, 0.15) is 0 Å². The second kappa shape index (κ2) is 9.06. The van der Waals surface area contributed by atoms with Crippen molar-refractivity contribution in [2.24, 2.45) is 0 Å². The molecule has 0 spiro atoms. The Kier molecular flexibility index (Phi) is 5.86. The normalized spacial score (nSPS) is 19.9. The first kappa shape index (κ1) is 19.4. The van der Waals surface area contributed by atoms with Crippen LogP contribution in [0.2, 0.25) is 0 Å². The minimum Gasteiger partial charge on any atom is -0.297 e. The molecule has 2 aliphatic rings. The standard InChI is InChI=1S/C24H30N6/c1-3-9-20(10-4-1)19-28-15-17-29(18-16-28)23(21-11-5-2-6-12-21)24-25-26-27-30(24)22-13-7-8-14-22/h1-6,9-12,22-23H,7-8,13-19H2/t23-/m0/s1. The van der Waals surface area contributed by atoms with Crippen molar-refractivity contribution in [3.8, 4) is 0 Å². The third kappa shape index (κ3) is 4.16. The van der Waals surface area contributed by atoms with Crippen LogP contribution in [0.3, 0.4) is 0 Å². The van der Waals surface area contributed by atoms with E-state index in [4.69, 9.17) is 0 Å². The lowest BCUT2D eigenvalue weighted by Crippen LogP contribution is -2.48. The Morgan fingerprint density at radius 1 is 0.833 bits per heavy atom. The van der Waals surface area contributed by atoms with Gasteiger partial charge in [0.05, 0.1) is 12.1 Å².